The van der Waals surface area contributed by atoms with Crippen molar-refractivity contribution in [1.29, 1.82) is 0 Å². The maximum atomic E-state index is 6.48. The van der Waals surface area contributed by atoms with E-state index >= 15 is 0 Å². The van der Waals surface area contributed by atoms with Crippen LogP contribution in [0.15, 0.2) is 36.0 Å². The van der Waals surface area contributed by atoms with Gasteiger partial charge in [0.1, 0.15) is 0 Å². The molecule has 0 heterocycles. The maximum absolute atomic E-state index is 6.48. The molecule has 2 nitrogen and oxygen atoms in total. The molecule has 28 heavy (non-hydrogen) atoms. The van der Waals surface area contributed by atoms with Crippen LogP contribution in [-0.2, 0) is 0 Å². The van der Waals surface area contributed by atoms with Crippen LogP contribution in [0.4, 0.5) is 0 Å². The normalized spacial score (nSPS) is 17.0. The average molecular weight is 391 g/mol. The monoisotopic (exact) mass is 390 g/mol. The summed E-state index contributed by atoms with van der Waals surface area (Å²) in [5.41, 5.74) is 15.5. The first-order valence-electron chi connectivity index (χ1n) is 11.1. The molecule has 0 bridgehead atoms. The largest absolute Gasteiger partial charge is 0.328 e. The molecule has 0 rings (SSSR count). The van der Waals surface area contributed by atoms with E-state index in [4.69, 9.17) is 11.5 Å². The Morgan fingerprint density at radius 3 is 1.89 bits per heavy atom. The van der Waals surface area contributed by atoms with E-state index in [1.165, 1.54) is 17.6 Å². The van der Waals surface area contributed by atoms with E-state index in [0.29, 0.717) is 11.8 Å². The van der Waals surface area contributed by atoms with Gasteiger partial charge in [-0.05, 0) is 74.7 Å². The summed E-state index contributed by atoms with van der Waals surface area (Å²) in [6.07, 6.45) is 10.5. The fourth-order valence-corrected chi connectivity index (χ4v) is 5.05. The van der Waals surface area contributed by atoms with Crippen LogP contribution in [0.3, 0.4) is 0 Å². The Balaban J connectivity index is 6.54. The second-order valence-corrected chi connectivity index (χ2v) is 11.5. The smallest absolute Gasteiger partial charge is 0.0105 e. The number of allylic oxidation sites excluding steroid dienone is 5. The minimum Gasteiger partial charge on any atom is -0.328 e. The van der Waals surface area contributed by atoms with E-state index in [0.717, 1.165) is 19.3 Å². The average Bonchev–Trinajstić information content (AvgIpc) is 2.41. The fraction of sp³-hybridized carbons (Fsp3) is 0.769. The molecule has 0 aromatic carbocycles. The van der Waals surface area contributed by atoms with Gasteiger partial charge < -0.3 is 11.5 Å². The van der Waals surface area contributed by atoms with Crippen molar-refractivity contribution in [2.75, 3.05) is 0 Å². The lowest BCUT2D eigenvalue weighted by atomic mass is 9.65. The quantitative estimate of drug-likeness (QED) is 0.352. The molecule has 0 radical (unpaired) electrons. The molecule has 0 aromatic rings. The number of nitrogens with two attached hydrogens (primary N) is 2. The van der Waals surface area contributed by atoms with Crippen LogP contribution < -0.4 is 11.5 Å². The van der Waals surface area contributed by atoms with Crippen molar-refractivity contribution in [3.63, 3.8) is 0 Å². The summed E-state index contributed by atoms with van der Waals surface area (Å²) in [6.45, 7) is 26.7. The molecule has 0 aromatic heterocycles. The fourth-order valence-electron chi connectivity index (χ4n) is 5.05. The topological polar surface area (TPSA) is 52.0 Å². The highest BCUT2D eigenvalue weighted by molar-refractivity contribution is 5.36. The van der Waals surface area contributed by atoms with Crippen LogP contribution in [0.1, 0.15) is 94.9 Å². The minimum atomic E-state index is -0.214. The first kappa shape index (κ1) is 27.1. The van der Waals surface area contributed by atoms with Gasteiger partial charge in [0, 0.05) is 11.6 Å². The van der Waals surface area contributed by atoms with Crippen molar-refractivity contribution in [1.82, 2.24) is 0 Å². The Hall–Kier alpha value is -0.860. The third-order valence-electron chi connectivity index (χ3n) is 5.43. The molecular weight excluding hydrogens is 340 g/mol. The number of hydrogen-bond donors (Lipinski definition) is 2. The lowest BCUT2D eigenvalue weighted by molar-refractivity contribution is 0.274. The van der Waals surface area contributed by atoms with Gasteiger partial charge in [0.2, 0.25) is 0 Å². The number of rotatable bonds is 12. The van der Waals surface area contributed by atoms with E-state index in [1.807, 2.05) is 6.08 Å². The van der Waals surface area contributed by atoms with Crippen molar-refractivity contribution in [2.45, 2.75) is 107 Å². The zero-order valence-electron chi connectivity index (χ0n) is 20.7. The lowest BCUT2D eigenvalue weighted by Gasteiger charge is -2.41. The van der Waals surface area contributed by atoms with E-state index in [1.54, 1.807) is 0 Å². The molecule has 0 saturated heterocycles. The Morgan fingerprint density at radius 1 is 0.964 bits per heavy atom. The zero-order chi connectivity index (χ0) is 22.3. The van der Waals surface area contributed by atoms with Gasteiger partial charge >= 0.3 is 0 Å². The molecule has 2 unspecified atom stereocenters. The van der Waals surface area contributed by atoms with Crippen molar-refractivity contribution in [3.8, 4) is 0 Å². The van der Waals surface area contributed by atoms with Gasteiger partial charge in [-0.1, -0.05) is 78.8 Å². The zero-order valence-corrected chi connectivity index (χ0v) is 20.7. The third-order valence-corrected chi connectivity index (χ3v) is 5.43. The van der Waals surface area contributed by atoms with Crippen LogP contribution in [-0.4, -0.2) is 11.6 Å². The van der Waals surface area contributed by atoms with Crippen LogP contribution in [0.5, 0.6) is 0 Å². The van der Waals surface area contributed by atoms with Gasteiger partial charge in [-0.25, -0.2) is 0 Å². The molecule has 0 aliphatic rings. The SMILES string of the molecule is C=C/C=C\C(=C(/CC(C)CC(C)C)C(C)(C)CC(C)(C)N)C(C)(C)CC(C)N. The molecule has 0 saturated carbocycles. The van der Waals surface area contributed by atoms with Crippen LogP contribution in [0, 0.1) is 22.7 Å². The molecule has 0 aliphatic heterocycles. The maximum Gasteiger partial charge on any atom is 0.0105 e. The predicted molar refractivity (Wildman–Crippen MR) is 128 cm³/mol. The summed E-state index contributed by atoms with van der Waals surface area (Å²) >= 11 is 0. The summed E-state index contributed by atoms with van der Waals surface area (Å²) in [5, 5.41) is 0. The van der Waals surface area contributed by atoms with Gasteiger partial charge in [-0.2, -0.15) is 0 Å². The molecule has 2 atom stereocenters. The molecule has 2 heteroatoms. The van der Waals surface area contributed by atoms with Crippen molar-refractivity contribution in [2.24, 2.45) is 34.1 Å². The van der Waals surface area contributed by atoms with Crippen LogP contribution in [0.2, 0.25) is 0 Å². The summed E-state index contributed by atoms with van der Waals surface area (Å²) in [7, 11) is 0. The summed E-state index contributed by atoms with van der Waals surface area (Å²) in [5.74, 6) is 1.34. The van der Waals surface area contributed by atoms with Crippen molar-refractivity contribution in [3.05, 3.63) is 36.0 Å². The molecule has 164 valence electrons. The molecule has 0 fully saturated rings. The summed E-state index contributed by atoms with van der Waals surface area (Å²) in [6, 6.07) is 0.158. The highest BCUT2D eigenvalue weighted by Crippen LogP contribution is 2.46. The van der Waals surface area contributed by atoms with Gasteiger partial charge in [-0.15, -0.1) is 0 Å². The van der Waals surface area contributed by atoms with Gasteiger partial charge in [-0.3, -0.25) is 0 Å². The van der Waals surface area contributed by atoms with Crippen molar-refractivity contribution >= 4 is 0 Å². The molecule has 0 amide bonds. The summed E-state index contributed by atoms with van der Waals surface area (Å²) in [4.78, 5) is 0. The second kappa shape index (κ2) is 10.8. The second-order valence-electron chi connectivity index (χ2n) is 11.5. The van der Waals surface area contributed by atoms with Crippen LogP contribution >= 0.6 is 0 Å². The standard InChI is InChI=1S/C26H50N2/c1-12-13-14-22(24(6,7)17-21(5)27)23(16-20(4)15-19(2)3)25(8,9)18-26(10,11)28/h12-14,19-21H,1,15-18,27-28H2,2-11H3/b14-13-,23-22-. The van der Waals surface area contributed by atoms with E-state index < -0.39 is 0 Å². The van der Waals surface area contributed by atoms with E-state index in [2.05, 4.69) is 88.0 Å². The molecule has 0 spiro atoms. The first-order chi connectivity index (χ1) is 12.5. The third kappa shape index (κ3) is 10.1. The Labute approximate surface area is 176 Å². The minimum absolute atomic E-state index is 0.00340. The molecule has 4 N–H and O–H groups in total. The molecular formula is C26H50N2. The van der Waals surface area contributed by atoms with E-state index in [-0.39, 0.29) is 22.4 Å². The Kier molecular flexibility index (Phi) is 10.5. The predicted octanol–water partition coefficient (Wildman–Crippen LogP) is 7.01. The highest BCUT2D eigenvalue weighted by Gasteiger charge is 2.35. The van der Waals surface area contributed by atoms with Crippen molar-refractivity contribution < 1.29 is 0 Å². The summed E-state index contributed by atoms with van der Waals surface area (Å²) < 4.78 is 0. The van der Waals surface area contributed by atoms with Gasteiger partial charge in [0.05, 0.1) is 0 Å². The highest BCUT2D eigenvalue weighted by atomic mass is 14.7. The van der Waals surface area contributed by atoms with E-state index in [9.17, 15) is 0 Å². The van der Waals surface area contributed by atoms with Gasteiger partial charge in [0.15, 0.2) is 0 Å². The van der Waals surface area contributed by atoms with Gasteiger partial charge in [0.25, 0.3) is 0 Å². The lowest BCUT2D eigenvalue weighted by Crippen LogP contribution is -2.39. The Morgan fingerprint density at radius 2 is 1.50 bits per heavy atom. The Bertz CT molecular complexity index is 539. The molecule has 0 aliphatic carbocycles. The first-order valence-corrected chi connectivity index (χ1v) is 11.1. The number of hydrogen-bond acceptors (Lipinski definition) is 2. The van der Waals surface area contributed by atoms with Crippen LogP contribution in [0.25, 0.3) is 0 Å².